The van der Waals surface area contributed by atoms with Crippen LogP contribution in [0.15, 0.2) is 0 Å². The number of rotatable bonds is 5. The number of amides is 1. The van der Waals surface area contributed by atoms with E-state index in [0.29, 0.717) is 35.2 Å². The highest BCUT2D eigenvalue weighted by molar-refractivity contribution is 6.20. The van der Waals surface area contributed by atoms with Crippen LogP contribution in [-0.2, 0) is 9.53 Å². The van der Waals surface area contributed by atoms with Crippen LogP contribution in [0.4, 0.5) is 0 Å². The van der Waals surface area contributed by atoms with Gasteiger partial charge in [0.1, 0.15) is 0 Å². The van der Waals surface area contributed by atoms with Crippen molar-refractivity contribution in [3.8, 4) is 0 Å². The average molecular weight is 412 g/mol. The van der Waals surface area contributed by atoms with Gasteiger partial charge in [-0.1, -0.05) is 13.3 Å². The van der Waals surface area contributed by atoms with E-state index in [1.807, 2.05) is 0 Å². The Kier molecular flexibility index (Phi) is 7.19. The summed E-state index contributed by atoms with van der Waals surface area (Å²) >= 11 is 6.50. The first kappa shape index (κ1) is 20.9. The number of hydrogen-bond donors (Lipinski definition) is 2. The largest absolute Gasteiger partial charge is 0.379 e. The Balaban J connectivity index is 1.25. The quantitative estimate of drug-likeness (QED) is 0.683. The highest BCUT2D eigenvalue weighted by atomic mass is 35.5. The van der Waals surface area contributed by atoms with Crippen molar-refractivity contribution in [2.24, 2.45) is 17.8 Å². The molecule has 7 unspecified atom stereocenters. The number of morpholine rings is 1. The molecule has 2 aliphatic carbocycles. The van der Waals surface area contributed by atoms with Crippen LogP contribution in [0, 0.1) is 17.8 Å². The molecule has 4 aliphatic rings. The van der Waals surface area contributed by atoms with Gasteiger partial charge in [-0.25, -0.2) is 0 Å². The summed E-state index contributed by atoms with van der Waals surface area (Å²) < 4.78 is 5.53. The molecule has 2 N–H and O–H groups in total. The van der Waals surface area contributed by atoms with Gasteiger partial charge in [0.05, 0.1) is 19.3 Å². The maximum atomic E-state index is 12.8. The van der Waals surface area contributed by atoms with Crippen LogP contribution in [0.3, 0.4) is 0 Å². The Hall–Kier alpha value is -0.360. The minimum Gasteiger partial charge on any atom is -0.379 e. The van der Waals surface area contributed by atoms with E-state index in [2.05, 4.69) is 22.5 Å². The Morgan fingerprint density at radius 1 is 1.18 bits per heavy atom. The molecule has 0 aromatic rings. The summed E-state index contributed by atoms with van der Waals surface area (Å²) in [5, 5.41) is 7.18. The third kappa shape index (κ3) is 4.85. The molecule has 28 heavy (non-hydrogen) atoms. The summed E-state index contributed by atoms with van der Waals surface area (Å²) in [7, 11) is 0. The van der Waals surface area contributed by atoms with Crippen molar-refractivity contribution in [1.29, 1.82) is 0 Å². The number of carbonyl (C=O) groups excluding carboxylic acids is 1. The first-order chi connectivity index (χ1) is 13.6. The van der Waals surface area contributed by atoms with Gasteiger partial charge in [0.2, 0.25) is 5.91 Å². The van der Waals surface area contributed by atoms with Crippen LogP contribution in [0.25, 0.3) is 0 Å². The van der Waals surface area contributed by atoms with Crippen molar-refractivity contribution in [2.75, 3.05) is 32.8 Å². The summed E-state index contributed by atoms with van der Waals surface area (Å²) in [6.45, 7) is 6.87. The van der Waals surface area contributed by atoms with Gasteiger partial charge in [-0.2, -0.15) is 0 Å². The second-order valence-electron chi connectivity index (χ2n) is 9.61. The fourth-order valence-electron chi connectivity index (χ4n) is 6.27. The predicted molar refractivity (Wildman–Crippen MR) is 113 cm³/mol. The smallest absolute Gasteiger partial charge is 0.237 e. The maximum Gasteiger partial charge on any atom is 0.237 e. The molecular formula is C22H38ClN3O2. The van der Waals surface area contributed by atoms with Crippen molar-refractivity contribution in [2.45, 2.75) is 81.8 Å². The van der Waals surface area contributed by atoms with Crippen molar-refractivity contribution < 1.29 is 9.53 Å². The van der Waals surface area contributed by atoms with E-state index in [1.54, 1.807) is 0 Å². The Labute approximate surface area is 175 Å². The zero-order valence-electron chi connectivity index (χ0n) is 17.4. The molecule has 0 spiro atoms. The van der Waals surface area contributed by atoms with Gasteiger partial charge in [0.25, 0.3) is 0 Å². The molecule has 2 aliphatic heterocycles. The molecule has 4 fully saturated rings. The van der Waals surface area contributed by atoms with Crippen LogP contribution in [0.5, 0.6) is 0 Å². The lowest BCUT2D eigenvalue weighted by molar-refractivity contribution is -0.123. The topological polar surface area (TPSA) is 53.6 Å². The Morgan fingerprint density at radius 3 is 2.79 bits per heavy atom. The Bertz CT molecular complexity index is 528. The zero-order valence-corrected chi connectivity index (χ0v) is 18.1. The molecule has 5 nitrogen and oxygen atoms in total. The standard InChI is InChI=1S/C22H38ClN3O2/c1-15-3-2-4-17-14-19(25-21(15)17)22(27)24-8-7-16-13-18(23)5-6-20(16)26-9-11-28-12-10-26/h15-21,25H,2-14H2,1H3,(H,24,27). The van der Waals surface area contributed by atoms with Gasteiger partial charge in [0, 0.05) is 37.1 Å². The lowest BCUT2D eigenvalue weighted by atomic mass is 9.78. The number of carbonyl (C=O) groups is 1. The van der Waals surface area contributed by atoms with Gasteiger partial charge in [-0.15, -0.1) is 11.6 Å². The first-order valence-electron chi connectivity index (χ1n) is 11.6. The molecule has 7 atom stereocenters. The molecular weight excluding hydrogens is 374 g/mol. The number of nitrogens with zero attached hydrogens (tertiary/aromatic N) is 1. The van der Waals surface area contributed by atoms with E-state index in [9.17, 15) is 4.79 Å². The highest BCUT2D eigenvalue weighted by Gasteiger charge is 2.41. The third-order valence-corrected chi connectivity index (χ3v) is 8.21. The molecule has 0 bridgehead atoms. The van der Waals surface area contributed by atoms with E-state index in [-0.39, 0.29) is 11.9 Å². The molecule has 1 amide bonds. The number of halogens is 1. The van der Waals surface area contributed by atoms with E-state index in [1.165, 1.54) is 25.7 Å². The summed E-state index contributed by atoms with van der Waals surface area (Å²) in [5.74, 6) is 2.19. The molecule has 6 heteroatoms. The first-order valence-corrected chi connectivity index (χ1v) is 12.0. The molecule has 160 valence electrons. The van der Waals surface area contributed by atoms with Crippen molar-refractivity contribution >= 4 is 17.5 Å². The number of nitrogens with one attached hydrogen (secondary N) is 2. The van der Waals surface area contributed by atoms with Crippen molar-refractivity contribution in [1.82, 2.24) is 15.5 Å². The highest BCUT2D eigenvalue weighted by Crippen LogP contribution is 2.37. The minimum absolute atomic E-state index is 0.0118. The van der Waals surface area contributed by atoms with Gasteiger partial charge >= 0.3 is 0 Å². The lowest BCUT2D eigenvalue weighted by Crippen LogP contribution is -2.50. The van der Waals surface area contributed by atoms with Crippen LogP contribution < -0.4 is 10.6 Å². The van der Waals surface area contributed by atoms with Gasteiger partial charge in [-0.05, 0) is 62.7 Å². The molecule has 2 saturated carbocycles. The molecule has 4 rings (SSSR count). The van der Waals surface area contributed by atoms with Crippen LogP contribution in [-0.4, -0.2) is 67.2 Å². The van der Waals surface area contributed by atoms with E-state index < -0.39 is 0 Å². The van der Waals surface area contributed by atoms with E-state index in [0.717, 1.165) is 58.5 Å². The minimum atomic E-state index is 0.0118. The number of hydrogen-bond acceptors (Lipinski definition) is 4. The van der Waals surface area contributed by atoms with Crippen LogP contribution in [0.1, 0.15) is 58.3 Å². The van der Waals surface area contributed by atoms with Crippen LogP contribution >= 0.6 is 11.6 Å². The predicted octanol–water partition coefficient (Wildman–Crippen LogP) is 2.77. The summed E-state index contributed by atoms with van der Waals surface area (Å²) in [5.41, 5.74) is 0. The monoisotopic (exact) mass is 411 g/mol. The summed E-state index contributed by atoms with van der Waals surface area (Å²) in [6.07, 6.45) is 9.32. The molecule has 2 heterocycles. The maximum absolute atomic E-state index is 12.8. The second kappa shape index (κ2) is 9.63. The fourth-order valence-corrected chi connectivity index (χ4v) is 6.63. The van der Waals surface area contributed by atoms with Gasteiger partial charge in [-0.3, -0.25) is 9.69 Å². The Morgan fingerprint density at radius 2 is 2.00 bits per heavy atom. The van der Waals surface area contributed by atoms with Crippen LogP contribution in [0.2, 0.25) is 0 Å². The fraction of sp³-hybridized carbons (Fsp3) is 0.955. The van der Waals surface area contributed by atoms with Gasteiger partial charge < -0.3 is 15.4 Å². The number of fused-ring (bicyclic) bond motifs is 1. The summed E-state index contributed by atoms with van der Waals surface area (Å²) in [6, 6.07) is 1.16. The van der Waals surface area contributed by atoms with Crippen molar-refractivity contribution in [3.05, 3.63) is 0 Å². The molecule has 0 aromatic heterocycles. The zero-order chi connectivity index (χ0) is 19.5. The summed E-state index contributed by atoms with van der Waals surface area (Å²) in [4.78, 5) is 15.4. The average Bonchev–Trinajstić information content (AvgIpc) is 3.15. The van der Waals surface area contributed by atoms with E-state index in [4.69, 9.17) is 16.3 Å². The van der Waals surface area contributed by atoms with Gasteiger partial charge in [0.15, 0.2) is 0 Å². The number of alkyl halides is 1. The molecule has 2 saturated heterocycles. The normalized spacial score (nSPS) is 42.1. The molecule has 0 radical (unpaired) electrons. The lowest BCUT2D eigenvalue weighted by Gasteiger charge is -2.43. The number of ether oxygens (including phenoxy) is 1. The SMILES string of the molecule is CC1CCCC2CC(C(=O)NCCC3CC(Cl)CCC3N3CCOCC3)NC12. The third-order valence-electron chi connectivity index (χ3n) is 7.81. The van der Waals surface area contributed by atoms with Crippen molar-refractivity contribution in [3.63, 3.8) is 0 Å². The molecule has 0 aromatic carbocycles. The van der Waals surface area contributed by atoms with E-state index >= 15 is 0 Å². The second-order valence-corrected chi connectivity index (χ2v) is 10.2.